The Kier molecular flexibility index (Phi) is 21.0. The van der Waals surface area contributed by atoms with E-state index in [2.05, 4.69) is 48.1 Å². The van der Waals surface area contributed by atoms with E-state index < -0.39 is 11.4 Å². The van der Waals surface area contributed by atoms with E-state index in [0.29, 0.717) is 0 Å². The van der Waals surface area contributed by atoms with Crippen LogP contribution < -0.4 is 19.6 Å². The molecule has 0 aliphatic rings. The monoisotopic (exact) mass is 386 g/mol. The fraction of sp³-hybridized carbons (Fsp3) is 0. The summed E-state index contributed by atoms with van der Waals surface area (Å²) in [6.07, 6.45) is 0. The molecule has 0 aromatic rings. The van der Waals surface area contributed by atoms with Crippen molar-refractivity contribution in [2.45, 2.75) is 0 Å². The van der Waals surface area contributed by atoms with Gasteiger partial charge in [0, 0.05) is 0 Å². The second kappa shape index (κ2) is 10.4. The van der Waals surface area contributed by atoms with Crippen molar-refractivity contribution < 1.29 is 40.6 Å². The molecule has 0 fully saturated rings. The van der Waals surface area contributed by atoms with Crippen LogP contribution >= 0.6 is 24.9 Å². The van der Waals surface area contributed by atoms with Crippen molar-refractivity contribution in [3.05, 3.63) is 0 Å². The van der Waals surface area contributed by atoms with Crippen LogP contribution in [0.5, 0.6) is 0 Å². The maximum absolute atomic E-state index is 9.29. The average molecular weight is 384 g/mol. The van der Waals surface area contributed by atoms with Crippen LogP contribution in [-0.2, 0) is 69.2 Å². The first-order valence-electron chi connectivity index (χ1n) is 1.46. The van der Waals surface area contributed by atoms with Gasteiger partial charge in [0.1, 0.15) is 0 Å². The molecule has 0 spiro atoms. The second-order valence-electron chi connectivity index (χ2n) is 0.894. The zero-order valence-electron chi connectivity index (χ0n) is 5.07. The van der Waals surface area contributed by atoms with Gasteiger partial charge in [0.25, 0.3) is 0 Å². The normalized spacial score (nSPS) is 9.83. The predicted molar refractivity (Wildman–Crippen MR) is 53.7 cm³/mol. The van der Waals surface area contributed by atoms with Crippen LogP contribution in [0.4, 0.5) is 0 Å². The summed E-state index contributed by atoms with van der Waals surface area (Å²) in [6, 6.07) is 0. The van der Waals surface area contributed by atoms with E-state index in [1.165, 1.54) is 0 Å². The summed E-state index contributed by atoms with van der Waals surface area (Å²) in [5.74, 6) is 0. The zero-order valence-corrected chi connectivity index (χ0v) is 13.1. The zero-order chi connectivity index (χ0) is 9.00. The van der Waals surface area contributed by atoms with Crippen LogP contribution in [0.25, 0.3) is 0 Å². The molecule has 0 saturated carbocycles. The molecule has 0 radical (unpaired) electrons. The van der Waals surface area contributed by atoms with Crippen molar-refractivity contribution in [3.8, 4) is 0 Å². The topological polar surface area (TPSA) is 92.2 Å². The predicted octanol–water partition coefficient (Wildman–Crippen LogP) is -2.93. The van der Waals surface area contributed by atoms with Gasteiger partial charge in [0.15, 0.2) is 0 Å². The third-order valence-electron chi connectivity index (χ3n) is 0. The van der Waals surface area contributed by atoms with Crippen LogP contribution in [0.1, 0.15) is 0 Å². The van der Waals surface area contributed by atoms with Gasteiger partial charge in [0.2, 0.25) is 0 Å². The first-order chi connectivity index (χ1) is 4.00. The van der Waals surface area contributed by atoms with E-state index in [1.807, 2.05) is 0 Å². The van der Waals surface area contributed by atoms with Gasteiger partial charge in [-0.2, -0.15) is 37.1 Å². The Morgan fingerprint density at radius 1 is 0.833 bits per heavy atom. The average Bonchev–Trinajstić information content (AvgIpc) is 1.12. The number of hydrogen-bond donors (Lipinski definition) is 0. The molecule has 0 atom stereocenters. The third-order valence-corrected chi connectivity index (χ3v) is 0. The summed E-state index contributed by atoms with van der Waals surface area (Å²) < 4.78 is 0. The van der Waals surface area contributed by atoms with Crippen LogP contribution in [0, 0.1) is 0 Å². The van der Waals surface area contributed by atoms with Gasteiger partial charge >= 0.3 is 21.1 Å². The van der Waals surface area contributed by atoms with Crippen LogP contribution in [0.15, 0.2) is 0 Å². The Balaban J connectivity index is -0.0000000457. The summed E-state index contributed by atoms with van der Waals surface area (Å²) in [5.41, 5.74) is -7.44. The molecule has 0 aromatic heterocycles. The fourth-order valence-electron chi connectivity index (χ4n) is 0. The van der Waals surface area contributed by atoms with Gasteiger partial charge in [-0.25, -0.2) is 0 Å². The van der Waals surface area contributed by atoms with Crippen molar-refractivity contribution in [1.29, 1.82) is 0 Å². The molecule has 0 bridgehead atoms. The summed E-state index contributed by atoms with van der Waals surface area (Å²) in [6.45, 7) is 0. The molecule has 72 valence electrons. The Bertz CT molecular complexity index is 134. The molecule has 0 aliphatic heterocycles. The van der Waals surface area contributed by atoms with E-state index in [-0.39, 0.29) is 34.6 Å². The van der Waals surface area contributed by atoms with Gasteiger partial charge in [-0.05, 0) is 0 Å². The van der Waals surface area contributed by atoms with Crippen LogP contribution in [0.2, 0.25) is 0 Å². The molecular weight excluding hydrogens is 382 g/mol. The molecule has 12 heavy (non-hydrogen) atoms. The van der Waals surface area contributed by atoms with E-state index in [9.17, 15) is 19.6 Å². The Morgan fingerprint density at radius 3 is 0.833 bits per heavy atom. The minimum atomic E-state index is -3.72. The van der Waals surface area contributed by atoms with Crippen molar-refractivity contribution in [3.63, 3.8) is 0 Å². The Hall–Kier alpha value is 2.88. The molecular formula is H2MoO4P2S5. The van der Waals surface area contributed by atoms with Gasteiger partial charge in [-0.1, -0.05) is 0 Å². The molecule has 0 unspecified atom stereocenters. The molecule has 0 saturated heterocycles. The molecule has 0 rings (SSSR count). The SMILES string of the molecule is S.[Mo+6].[O-]P([O-])(=S)[S-].[O-]P([O-])(=S)[S-]. The van der Waals surface area contributed by atoms with E-state index >= 15 is 0 Å². The first kappa shape index (κ1) is 24.2. The maximum Gasteiger partial charge on any atom is 6.00 e. The number of hydrogen-bond acceptors (Lipinski definition) is 8. The summed E-state index contributed by atoms with van der Waals surface area (Å²) in [5, 5.41) is 0. The largest absolute Gasteiger partial charge is 6.00 e. The molecule has 0 amide bonds. The minimum Gasteiger partial charge on any atom is -0.850 e. The van der Waals surface area contributed by atoms with E-state index in [1.54, 1.807) is 0 Å². The Morgan fingerprint density at radius 2 is 0.833 bits per heavy atom. The van der Waals surface area contributed by atoms with Crippen molar-refractivity contribution in [1.82, 2.24) is 0 Å². The smallest absolute Gasteiger partial charge is 0.850 e. The first-order valence-corrected chi connectivity index (χ1v) is 8.76. The molecule has 0 aromatic carbocycles. The number of rotatable bonds is 0. The summed E-state index contributed by atoms with van der Waals surface area (Å²) in [4.78, 5) is 37.2. The maximum atomic E-state index is 9.29. The van der Waals surface area contributed by atoms with Gasteiger partial charge in [0.05, 0.1) is 0 Å². The summed E-state index contributed by atoms with van der Waals surface area (Å²) >= 11 is 14.6. The second-order valence-corrected chi connectivity index (χ2v) is 9.84. The standard InChI is InChI=1S/Mo.2H3O2PS2.H2S/c;2*1-3(2,4)5;/h;2*(H3,1,2,4,5);1H2/q+6;;;/p-6. The van der Waals surface area contributed by atoms with E-state index in [4.69, 9.17) is 0 Å². The van der Waals surface area contributed by atoms with Gasteiger partial charge < -0.3 is 55.5 Å². The van der Waals surface area contributed by atoms with Crippen molar-refractivity contribution in [2.75, 3.05) is 0 Å². The fourth-order valence-corrected chi connectivity index (χ4v) is 0. The van der Waals surface area contributed by atoms with Gasteiger partial charge in [-0.15, -0.1) is 0 Å². The van der Waals surface area contributed by atoms with Crippen molar-refractivity contribution >= 4 is 73.0 Å². The van der Waals surface area contributed by atoms with Gasteiger partial charge in [-0.3, -0.25) is 0 Å². The third kappa shape index (κ3) is 219. The minimum absolute atomic E-state index is 0. The Labute approximate surface area is 113 Å². The quantitative estimate of drug-likeness (QED) is 0.249. The van der Waals surface area contributed by atoms with Crippen molar-refractivity contribution in [2.24, 2.45) is 0 Å². The molecule has 0 N–H and O–H groups in total. The molecule has 0 heterocycles. The molecule has 12 heteroatoms. The van der Waals surface area contributed by atoms with Crippen LogP contribution in [0.3, 0.4) is 0 Å². The molecule has 4 nitrogen and oxygen atoms in total. The van der Waals surface area contributed by atoms with Crippen LogP contribution in [-0.4, -0.2) is 0 Å². The summed E-state index contributed by atoms with van der Waals surface area (Å²) in [7, 11) is 0. The van der Waals surface area contributed by atoms with E-state index in [0.717, 1.165) is 0 Å². The molecule has 0 aliphatic carbocycles.